The minimum Gasteiger partial charge on any atom is -0.0654 e. The first-order valence-corrected chi connectivity index (χ1v) is 15.2. The predicted octanol–water partition coefficient (Wildman–Crippen LogP) is 10.5. The fraction of sp³-hybridized carbons (Fsp3) is 0.471. The Labute approximate surface area is 218 Å². The van der Waals surface area contributed by atoms with E-state index in [1.54, 1.807) is 0 Å². The van der Waals surface area contributed by atoms with E-state index in [1.807, 2.05) is 0 Å². The van der Waals surface area contributed by atoms with Crippen LogP contribution in [0.5, 0.6) is 0 Å². The average Bonchev–Trinajstić information content (AvgIpc) is 2.87. The number of unbranched alkanes of at least 4 members (excludes halogenated alkanes) is 9. The number of rotatable bonds is 14. The summed E-state index contributed by atoms with van der Waals surface area (Å²) in [5, 5.41) is 0. The summed E-state index contributed by atoms with van der Waals surface area (Å²) in [6, 6.07) is 29.7. The van der Waals surface area contributed by atoms with Gasteiger partial charge in [-0.05, 0) is 54.2 Å². The monoisotopic (exact) mass is 487 g/mol. The smallest absolute Gasteiger partial charge is 0.0654 e. The second-order valence-corrected chi connectivity index (χ2v) is 12.9. The van der Waals surface area contributed by atoms with Crippen LogP contribution in [0, 0.1) is 0 Å². The zero-order valence-electron chi connectivity index (χ0n) is 22.7. The fourth-order valence-electron chi connectivity index (χ4n) is 4.75. The molecule has 3 aromatic carbocycles. The van der Waals surface area contributed by atoms with Crippen LogP contribution < -0.4 is 0 Å². The van der Waals surface area contributed by atoms with Gasteiger partial charge in [-0.3, -0.25) is 0 Å². The molecule has 0 heterocycles. The van der Waals surface area contributed by atoms with E-state index in [1.165, 1.54) is 96.4 Å². The third-order valence-electron chi connectivity index (χ3n) is 6.93. The van der Waals surface area contributed by atoms with E-state index in [0.29, 0.717) is 0 Å². The molecule has 3 aromatic rings. The zero-order chi connectivity index (χ0) is 24.9. The lowest BCUT2D eigenvalue weighted by molar-refractivity contribution is 0.556. The molecule has 0 aliphatic carbocycles. The van der Waals surface area contributed by atoms with Crippen LogP contribution in [0.3, 0.4) is 0 Å². The molecule has 0 nitrogen and oxygen atoms in total. The van der Waals surface area contributed by atoms with Gasteiger partial charge in [-0.1, -0.05) is 134 Å². The van der Waals surface area contributed by atoms with Crippen LogP contribution in [-0.2, 0) is 22.7 Å². The van der Waals surface area contributed by atoms with Crippen molar-refractivity contribution < 1.29 is 0 Å². The van der Waals surface area contributed by atoms with E-state index in [-0.39, 0.29) is 16.3 Å². The maximum absolute atomic E-state index is 2.37. The zero-order valence-corrected chi connectivity index (χ0v) is 23.5. The predicted molar refractivity (Wildman–Crippen MR) is 156 cm³/mol. The molecule has 1 unspecified atom stereocenters. The van der Waals surface area contributed by atoms with Crippen molar-refractivity contribution in [1.82, 2.24) is 0 Å². The lowest BCUT2D eigenvalue weighted by atomic mass is 9.87. The van der Waals surface area contributed by atoms with Crippen LogP contribution in [0.25, 0.3) is 0 Å². The van der Waals surface area contributed by atoms with Crippen molar-refractivity contribution >= 4 is 10.9 Å². The minimum absolute atomic E-state index is 0.0758. The van der Waals surface area contributed by atoms with Gasteiger partial charge in [0.05, 0.1) is 10.9 Å². The molecule has 1 heteroatoms. The highest BCUT2D eigenvalue weighted by atomic mass is 32.2. The first kappa shape index (κ1) is 27.6. The molecule has 0 bridgehead atoms. The summed E-state index contributed by atoms with van der Waals surface area (Å²) in [5.41, 5.74) is 3.10. The molecule has 3 rings (SSSR count). The highest BCUT2D eigenvalue weighted by molar-refractivity contribution is 7.97. The Kier molecular flexibility index (Phi) is 11.5. The van der Waals surface area contributed by atoms with E-state index >= 15 is 0 Å². The Morgan fingerprint density at radius 3 is 1.66 bits per heavy atom. The normalized spacial score (nSPS) is 12.6. The largest absolute Gasteiger partial charge is 0.169 e. The molecule has 35 heavy (non-hydrogen) atoms. The van der Waals surface area contributed by atoms with E-state index in [0.717, 1.165) is 0 Å². The van der Waals surface area contributed by atoms with Crippen LogP contribution in [-0.4, -0.2) is 0 Å². The van der Waals surface area contributed by atoms with Crippen molar-refractivity contribution in [3.63, 3.8) is 0 Å². The van der Waals surface area contributed by atoms with Gasteiger partial charge in [0.2, 0.25) is 0 Å². The number of hydrogen-bond donors (Lipinski definition) is 0. The first-order chi connectivity index (χ1) is 17.0. The van der Waals surface area contributed by atoms with Crippen molar-refractivity contribution in [1.29, 1.82) is 0 Å². The number of benzene rings is 3. The van der Waals surface area contributed by atoms with Crippen LogP contribution in [0.2, 0.25) is 0 Å². The molecule has 0 aromatic heterocycles. The summed E-state index contributed by atoms with van der Waals surface area (Å²) in [7, 11) is -0.0758. The van der Waals surface area contributed by atoms with Crippen molar-refractivity contribution in [3.8, 4) is 0 Å². The second kappa shape index (κ2) is 14.5. The van der Waals surface area contributed by atoms with Gasteiger partial charge in [-0.15, -0.1) is 0 Å². The molecule has 0 amide bonds. The van der Waals surface area contributed by atoms with Crippen molar-refractivity contribution in [3.05, 3.63) is 90.0 Å². The van der Waals surface area contributed by atoms with Gasteiger partial charge in [0.25, 0.3) is 0 Å². The second-order valence-electron chi connectivity index (χ2n) is 10.9. The van der Waals surface area contributed by atoms with Crippen LogP contribution in [0.1, 0.15) is 103 Å². The van der Waals surface area contributed by atoms with Crippen LogP contribution >= 0.6 is 0 Å². The quantitative estimate of drug-likeness (QED) is 0.157. The first-order valence-electron chi connectivity index (χ1n) is 14.0. The summed E-state index contributed by atoms with van der Waals surface area (Å²) in [6.45, 7) is 9.17. The molecular weight excluding hydrogens is 440 g/mol. The Balaban J connectivity index is 1.68. The molecule has 0 aliphatic heterocycles. The molecule has 0 radical (unpaired) electrons. The van der Waals surface area contributed by atoms with Crippen molar-refractivity contribution in [2.75, 3.05) is 0 Å². The Hall–Kier alpha value is -1.99. The van der Waals surface area contributed by atoms with Gasteiger partial charge in [-0.25, -0.2) is 0 Å². The van der Waals surface area contributed by atoms with Crippen molar-refractivity contribution in [2.24, 2.45) is 0 Å². The number of aryl methyl sites for hydroxylation is 1. The van der Waals surface area contributed by atoms with E-state index < -0.39 is 0 Å². The molecule has 0 saturated carbocycles. The molecule has 0 fully saturated rings. The molecule has 0 aliphatic rings. The third kappa shape index (κ3) is 8.87. The Morgan fingerprint density at radius 1 is 0.543 bits per heavy atom. The highest BCUT2D eigenvalue weighted by Gasteiger charge is 2.31. The fourth-order valence-corrected chi connectivity index (χ4v) is 7.01. The molecule has 0 saturated heterocycles. The van der Waals surface area contributed by atoms with Crippen LogP contribution in [0.4, 0.5) is 0 Å². The summed E-state index contributed by atoms with van der Waals surface area (Å²) in [5.74, 6) is 0. The van der Waals surface area contributed by atoms with Gasteiger partial charge >= 0.3 is 0 Å². The molecule has 0 N–H and O–H groups in total. The van der Waals surface area contributed by atoms with Gasteiger partial charge in [-0.2, -0.15) is 0 Å². The maximum atomic E-state index is 2.37. The summed E-state index contributed by atoms with van der Waals surface area (Å²) < 4.78 is 0. The highest BCUT2D eigenvalue weighted by Crippen LogP contribution is 2.35. The lowest BCUT2D eigenvalue weighted by Crippen LogP contribution is -2.12. The van der Waals surface area contributed by atoms with E-state index in [2.05, 4.69) is 107 Å². The van der Waals surface area contributed by atoms with Gasteiger partial charge in [0, 0.05) is 5.56 Å². The average molecular weight is 488 g/mol. The van der Waals surface area contributed by atoms with Gasteiger partial charge < -0.3 is 0 Å². The lowest BCUT2D eigenvalue weighted by Gasteiger charge is -2.19. The Morgan fingerprint density at radius 2 is 1.06 bits per heavy atom. The van der Waals surface area contributed by atoms with Gasteiger partial charge in [0.15, 0.2) is 14.7 Å². The van der Waals surface area contributed by atoms with Gasteiger partial charge in [0.1, 0.15) is 0 Å². The van der Waals surface area contributed by atoms with Crippen LogP contribution in [0.15, 0.2) is 93.5 Å². The minimum atomic E-state index is -0.0758. The summed E-state index contributed by atoms with van der Waals surface area (Å²) in [4.78, 5) is 4.32. The molecule has 0 spiro atoms. The van der Waals surface area contributed by atoms with Crippen molar-refractivity contribution in [2.45, 2.75) is 118 Å². The topological polar surface area (TPSA) is 0 Å². The Bertz CT molecular complexity index is 965. The molecule has 1 atom stereocenters. The maximum Gasteiger partial charge on any atom is 0.169 e. The molecular formula is C34H47S+. The summed E-state index contributed by atoms with van der Waals surface area (Å²) in [6.07, 6.45) is 15.1. The summed E-state index contributed by atoms with van der Waals surface area (Å²) >= 11 is 0. The number of hydrogen-bond acceptors (Lipinski definition) is 0. The SMILES string of the molecule is CCCCCCCCCCCCc1ccccc1[S+](c1ccccc1)c1ccc(C(C)(C)C)cc1. The molecule has 188 valence electrons. The van der Waals surface area contributed by atoms with E-state index in [9.17, 15) is 0 Å². The third-order valence-corrected chi connectivity index (χ3v) is 9.25. The van der Waals surface area contributed by atoms with E-state index in [4.69, 9.17) is 0 Å². The standard InChI is InChI=1S/C34H47S/c1-5-6-7-8-9-10-11-12-13-15-20-29-21-18-19-24-33(29)35(31-22-16-14-17-23-31)32-27-25-30(26-28-32)34(2,3)4/h14,16-19,21-28H,5-13,15,20H2,1-4H3/q+1.